The van der Waals surface area contributed by atoms with E-state index in [0.717, 1.165) is 54.7 Å². The molecule has 2 heteroatoms. The van der Waals surface area contributed by atoms with Crippen LogP contribution in [0.15, 0.2) is 24.3 Å². The van der Waals surface area contributed by atoms with Gasteiger partial charge in [0, 0.05) is 18.4 Å². The van der Waals surface area contributed by atoms with Gasteiger partial charge in [-0.1, -0.05) is 44.6 Å². The van der Waals surface area contributed by atoms with Crippen LogP contribution in [0.2, 0.25) is 0 Å². The number of hydrogen-bond acceptors (Lipinski definition) is 0. The first-order valence-electron chi connectivity index (χ1n) is 11.8. The second kappa shape index (κ2) is 11.5. The van der Waals surface area contributed by atoms with Crippen molar-refractivity contribution in [2.45, 2.75) is 90.4 Å². The molecule has 0 spiro atoms. The zero-order valence-corrected chi connectivity index (χ0v) is 18.0. The van der Waals surface area contributed by atoms with Gasteiger partial charge in [-0.05, 0) is 86.5 Å². The Kier molecular flexibility index (Phi) is 8.78. The molecular formula is C27H36F2. The van der Waals surface area contributed by atoms with Gasteiger partial charge in [0.25, 0.3) is 0 Å². The lowest BCUT2D eigenvalue weighted by atomic mass is 9.71. The van der Waals surface area contributed by atoms with Crippen LogP contribution in [-0.4, -0.2) is 0 Å². The van der Waals surface area contributed by atoms with E-state index in [1.807, 2.05) is 0 Å². The summed E-state index contributed by atoms with van der Waals surface area (Å²) in [5.74, 6) is 8.14. The highest BCUT2D eigenvalue weighted by Gasteiger charge is 2.28. The Morgan fingerprint density at radius 3 is 2.24 bits per heavy atom. The van der Waals surface area contributed by atoms with Gasteiger partial charge in [-0.3, -0.25) is 0 Å². The van der Waals surface area contributed by atoms with Crippen LogP contribution in [0.5, 0.6) is 0 Å². The Hall–Kier alpha value is -1.62. The number of rotatable bonds is 7. The summed E-state index contributed by atoms with van der Waals surface area (Å²) in [6.07, 6.45) is 18.1. The molecule has 0 saturated heterocycles. The molecule has 0 bridgehead atoms. The Morgan fingerprint density at radius 1 is 0.862 bits per heavy atom. The average Bonchev–Trinajstić information content (AvgIpc) is 2.73. The first-order valence-corrected chi connectivity index (χ1v) is 11.8. The van der Waals surface area contributed by atoms with Gasteiger partial charge >= 0.3 is 0 Å². The first kappa shape index (κ1) is 22.1. The minimum Gasteiger partial charge on any atom is -0.207 e. The number of hydrogen-bond donors (Lipinski definition) is 0. The second-order valence-electron chi connectivity index (χ2n) is 9.02. The van der Waals surface area contributed by atoms with Crippen molar-refractivity contribution in [1.82, 2.24) is 0 Å². The maximum atomic E-state index is 13.5. The van der Waals surface area contributed by atoms with E-state index in [0.29, 0.717) is 5.92 Å². The van der Waals surface area contributed by atoms with Crippen LogP contribution in [0.1, 0.15) is 96.0 Å². The highest BCUT2D eigenvalue weighted by atomic mass is 19.1. The molecule has 0 aliphatic heterocycles. The summed E-state index contributed by atoms with van der Waals surface area (Å²) in [6.45, 7) is 2.25. The molecule has 0 radical (unpaired) electrons. The van der Waals surface area contributed by atoms with Gasteiger partial charge in [-0.2, -0.15) is 0 Å². The quantitative estimate of drug-likeness (QED) is 0.320. The van der Waals surface area contributed by atoms with Crippen molar-refractivity contribution in [2.75, 3.05) is 0 Å². The van der Waals surface area contributed by atoms with Gasteiger partial charge in [0.2, 0.25) is 0 Å². The van der Waals surface area contributed by atoms with E-state index < -0.39 is 11.6 Å². The third-order valence-corrected chi connectivity index (χ3v) is 6.83. The number of halogens is 2. The Labute approximate surface area is 176 Å². The van der Waals surface area contributed by atoms with E-state index in [9.17, 15) is 8.78 Å². The predicted octanol–water partition coefficient (Wildman–Crippen LogP) is 8.32. The highest BCUT2D eigenvalue weighted by Crippen LogP contribution is 2.41. The fourth-order valence-corrected chi connectivity index (χ4v) is 5.05. The summed E-state index contributed by atoms with van der Waals surface area (Å²) < 4.78 is 27.0. The minimum absolute atomic E-state index is 0.483. The van der Waals surface area contributed by atoms with E-state index >= 15 is 0 Å². The van der Waals surface area contributed by atoms with Crippen LogP contribution >= 0.6 is 0 Å². The molecule has 1 fully saturated rings. The molecule has 29 heavy (non-hydrogen) atoms. The fourth-order valence-electron chi connectivity index (χ4n) is 5.05. The summed E-state index contributed by atoms with van der Waals surface area (Å²) in [6, 6.07) is 3.87. The fraction of sp³-hybridized carbons (Fsp3) is 0.630. The molecule has 3 rings (SSSR count). The van der Waals surface area contributed by atoms with Crippen LogP contribution < -0.4 is 0 Å². The smallest absolute Gasteiger partial charge is 0.126 e. The Balaban J connectivity index is 1.40. The van der Waals surface area contributed by atoms with E-state index in [4.69, 9.17) is 0 Å². The van der Waals surface area contributed by atoms with E-state index in [2.05, 4.69) is 24.8 Å². The van der Waals surface area contributed by atoms with Gasteiger partial charge < -0.3 is 0 Å². The molecule has 2 aliphatic rings. The van der Waals surface area contributed by atoms with Crippen molar-refractivity contribution < 1.29 is 8.78 Å². The highest BCUT2D eigenvalue weighted by molar-refractivity contribution is 5.66. The normalized spacial score (nSPS) is 24.5. The molecule has 158 valence electrons. The molecule has 1 aromatic carbocycles. The molecule has 0 N–H and O–H groups in total. The van der Waals surface area contributed by atoms with Crippen molar-refractivity contribution in [1.29, 1.82) is 0 Å². The summed E-state index contributed by atoms with van der Waals surface area (Å²) in [5.41, 5.74) is 1.83. The van der Waals surface area contributed by atoms with Crippen molar-refractivity contribution in [2.24, 2.45) is 17.8 Å². The second-order valence-corrected chi connectivity index (χ2v) is 9.02. The monoisotopic (exact) mass is 398 g/mol. The van der Waals surface area contributed by atoms with Crippen molar-refractivity contribution in [3.8, 4) is 11.8 Å². The van der Waals surface area contributed by atoms with Crippen LogP contribution in [0.25, 0.3) is 5.57 Å². The standard InChI is InChI=1S/C27H36F2/c1-2-3-4-5-6-7-8-9-21-10-12-22(13-11-21)23-14-16-24(17-15-23)25-18-26(28)20-27(29)19-25/h16,18-23H,2-7,10-15,17H2,1H3. The third-order valence-electron chi connectivity index (χ3n) is 6.83. The third kappa shape index (κ3) is 6.98. The van der Waals surface area contributed by atoms with Crippen LogP contribution in [0, 0.1) is 41.2 Å². The zero-order valence-electron chi connectivity index (χ0n) is 18.0. The molecule has 0 amide bonds. The lowest BCUT2D eigenvalue weighted by molar-refractivity contribution is 0.215. The number of allylic oxidation sites excluding steroid dienone is 2. The first-order chi connectivity index (χ1) is 14.2. The lowest BCUT2D eigenvalue weighted by Gasteiger charge is -2.34. The maximum Gasteiger partial charge on any atom is 0.126 e. The molecule has 1 saturated carbocycles. The topological polar surface area (TPSA) is 0 Å². The van der Waals surface area contributed by atoms with Crippen LogP contribution in [0.3, 0.4) is 0 Å². The van der Waals surface area contributed by atoms with Gasteiger partial charge in [0.1, 0.15) is 11.6 Å². The van der Waals surface area contributed by atoms with Gasteiger partial charge in [0.05, 0.1) is 0 Å². The Morgan fingerprint density at radius 2 is 1.59 bits per heavy atom. The van der Waals surface area contributed by atoms with E-state index in [1.165, 1.54) is 69.9 Å². The number of unbranched alkanes of at least 4 members (excludes halogenated alkanes) is 5. The molecule has 0 heterocycles. The van der Waals surface area contributed by atoms with Gasteiger partial charge in [-0.25, -0.2) is 8.78 Å². The predicted molar refractivity (Wildman–Crippen MR) is 118 cm³/mol. The molecule has 0 nitrogen and oxygen atoms in total. The number of benzene rings is 1. The van der Waals surface area contributed by atoms with E-state index in [-0.39, 0.29) is 0 Å². The van der Waals surface area contributed by atoms with Crippen molar-refractivity contribution >= 4 is 5.57 Å². The van der Waals surface area contributed by atoms with E-state index in [1.54, 1.807) is 0 Å². The molecule has 1 unspecified atom stereocenters. The van der Waals surface area contributed by atoms with Crippen molar-refractivity contribution in [3.63, 3.8) is 0 Å². The SMILES string of the molecule is CCCCCCCC#CC1CCC(C2CC=C(c3cc(F)cc(F)c3)CC2)CC1. The summed E-state index contributed by atoms with van der Waals surface area (Å²) in [7, 11) is 0. The minimum atomic E-state index is -0.483. The molecule has 1 aromatic rings. The summed E-state index contributed by atoms with van der Waals surface area (Å²) in [5, 5.41) is 0. The van der Waals surface area contributed by atoms with Crippen molar-refractivity contribution in [3.05, 3.63) is 41.5 Å². The summed E-state index contributed by atoms with van der Waals surface area (Å²) in [4.78, 5) is 0. The maximum absolute atomic E-state index is 13.5. The average molecular weight is 399 g/mol. The van der Waals surface area contributed by atoms with Gasteiger partial charge in [-0.15, -0.1) is 5.92 Å². The van der Waals surface area contributed by atoms with Crippen LogP contribution in [-0.2, 0) is 0 Å². The molecule has 2 aliphatic carbocycles. The van der Waals surface area contributed by atoms with Gasteiger partial charge in [0.15, 0.2) is 0 Å². The summed E-state index contributed by atoms with van der Waals surface area (Å²) >= 11 is 0. The lowest BCUT2D eigenvalue weighted by Crippen LogP contribution is -2.22. The Bertz CT molecular complexity index is 708. The molecule has 1 atom stereocenters. The zero-order chi connectivity index (χ0) is 20.5. The van der Waals surface area contributed by atoms with Crippen LogP contribution in [0.4, 0.5) is 8.78 Å². The molecular weight excluding hydrogens is 362 g/mol. The largest absolute Gasteiger partial charge is 0.207 e. The molecule has 0 aromatic heterocycles.